The van der Waals surface area contributed by atoms with E-state index >= 15 is 0 Å². The molecular weight excluding hydrogens is 266 g/mol. The van der Waals surface area contributed by atoms with Crippen molar-refractivity contribution < 1.29 is 4.79 Å². The zero-order valence-electron chi connectivity index (χ0n) is 12.3. The molecule has 1 amide bonds. The van der Waals surface area contributed by atoms with Crippen LogP contribution in [0.5, 0.6) is 0 Å². The van der Waals surface area contributed by atoms with Gasteiger partial charge < -0.3 is 16.0 Å². The number of hydrogen-bond acceptors (Lipinski definition) is 5. The highest BCUT2D eigenvalue weighted by molar-refractivity contribution is 5.76. The van der Waals surface area contributed by atoms with Gasteiger partial charge in [0.25, 0.3) is 0 Å². The fourth-order valence-corrected chi connectivity index (χ4v) is 2.69. The van der Waals surface area contributed by atoms with Gasteiger partial charge in [0, 0.05) is 51.4 Å². The molecule has 6 nitrogen and oxygen atoms in total. The van der Waals surface area contributed by atoms with Crippen molar-refractivity contribution in [3.8, 4) is 0 Å². The number of hydrogen-bond donors (Lipinski definition) is 2. The Kier molecular flexibility index (Phi) is 4.24. The lowest BCUT2D eigenvalue weighted by Gasteiger charge is -2.36. The van der Waals surface area contributed by atoms with Crippen molar-refractivity contribution in [2.24, 2.45) is 0 Å². The van der Waals surface area contributed by atoms with Crippen molar-refractivity contribution in [1.82, 2.24) is 15.2 Å². The summed E-state index contributed by atoms with van der Waals surface area (Å²) in [6.07, 6.45) is 6.38. The van der Waals surface area contributed by atoms with Crippen molar-refractivity contribution in [2.45, 2.75) is 25.3 Å². The number of nitrogen functional groups attached to an aromatic ring is 1. The summed E-state index contributed by atoms with van der Waals surface area (Å²) in [5, 5.41) is 3.04. The molecule has 1 saturated carbocycles. The van der Waals surface area contributed by atoms with Crippen LogP contribution in [0.15, 0.2) is 18.5 Å². The first-order valence-corrected chi connectivity index (χ1v) is 7.68. The standard InChI is InChI=1S/C15H23N5O/c16-13-11-17-5-3-14(13)20-9-7-19(8-10-20)6-4-15(21)18-12-1-2-12/h3,5,11-12H,1-2,4,6-10,16H2,(H,18,21). The number of nitrogens with zero attached hydrogens (tertiary/aromatic N) is 3. The minimum atomic E-state index is 0.193. The minimum absolute atomic E-state index is 0.193. The Hall–Kier alpha value is -1.82. The number of aromatic nitrogens is 1. The number of nitrogens with one attached hydrogen (secondary N) is 1. The van der Waals surface area contributed by atoms with Crippen molar-refractivity contribution in [3.63, 3.8) is 0 Å². The highest BCUT2D eigenvalue weighted by Gasteiger charge is 2.24. The predicted octanol–water partition coefficient (Wildman–Crippen LogP) is 0.454. The monoisotopic (exact) mass is 289 g/mol. The van der Waals surface area contributed by atoms with Gasteiger partial charge in [-0.15, -0.1) is 0 Å². The topological polar surface area (TPSA) is 74.5 Å². The fraction of sp³-hybridized carbons (Fsp3) is 0.600. The average Bonchev–Trinajstić information content (AvgIpc) is 3.30. The molecule has 2 aliphatic rings. The maximum atomic E-state index is 11.7. The highest BCUT2D eigenvalue weighted by Crippen LogP contribution is 2.22. The lowest BCUT2D eigenvalue weighted by molar-refractivity contribution is -0.121. The summed E-state index contributed by atoms with van der Waals surface area (Å²) in [4.78, 5) is 20.4. The van der Waals surface area contributed by atoms with Gasteiger partial charge in [0.05, 0.1) is 17.6 Å². The number of amides is 1. The normalized spacial score (nSPS) is 19.5. The van der Waals surface area contributed by atoms with Crippen LogP contribution in [0, 0.1) is 0 Å². The van der Waals surface area contributed by atoms with Gasteiger partial charge in [-0.25, -0.2) is 0 Å². The smallest absolute Gasteiger partial charge is 0.221 e. The number of carbonyl (C=O) groups excluding carboxylic acids is 1. The molecule has 0 radical (unpaired) electrons. The van der Waals surface area contributed by atoms with E-state index in [0.717, 1.165) is 56.9 Å². The van der Waals surface area contributed by atoms with Gasteiger partial charge in [0.2, 0.25) is 5.91 Å². The first-order chi connectivity index (χ1) is 10.2. The minimum Gasteiger partial charge on any atom is -0.396 e. The molecule has 0 atom stereocenters. The van der Waals surface area contributed by atoms with E-state index < -0.39 is 0 Å². The van der Waals surface area contributed by atoms with Crippen LogP contribution in [-0.4, -0.2) is 54.6 Å². The van der Waals surface area contributed by atoms with E-state index in [2.05, 4.69) is 20.1 Å². The van der Waals surface area contributed by atoms with E-state index in [1.165, 1.54) is 0 Å². The summed E-state index contributed by atoms with van der Waals surface area (Å²) < 4.78 is 0. The van der Waals surface area contributed by atoms with Crippen LogP contribution in [0.3, 0.4) is 0 Å². The number of pyridine rings is 1. The largest absolute Gasteiger partial charge is 0.396 e. The SMILES string of the molecule is Nc1cnccc1N1CCN(CCC(=O)NC2CC2)CC1. The molecule has 114 valence electrons. The Bertz CT molecular complexity index is 495. The summed E-state index contributed by atoms with van der Waals surface area (Å²) >= 11 is 0. The van der Waals surface area contributed by atoms with Gasteiger partial charge in [-0.1, -0.05) is 0 Å². The number of carbonyl (C=O) groups is 1. The molecule has 1 aromatic rings. The van der Waals surface area contributed by atoms with E-state index in [9.17, 15) is 4.79 Å². The van der Waals surface area contributed by atoms with Crippen LogP contribution < -0.4 is 16.0 Å². The molecule has 0 unspecified atom stereocenters. The summed E-state index contributed by atoms with van der Waals surface area (Å²) in [5.74, 6) is 0.193. The lowest BCUT2D eigenvalue weighted by Crippen LogP contribution is -2.47. The molecule has 2 heterocycles. The third kappa shape index (κ3) is 3.85. The van der Waals surface area contributed by atoms with Gasteiger partial charge in [-0.05, 0) is 18.9 Å². The van der Waals surface area contributed by atoms with Crippen molar-refractivity contribution >= 4 is 17.3 Å². The van der Waals surface area contributed by atoms with E-state index in [4.69, 9.17) is 5.73 Å². The van der Waals surface area contributed by atoms with Gasteiger partial charge in [0.15, 0.2) is 0 Å². The van der Waals surface area contributed by atoms with E-state index in [1.54, 1.807) is 12.4 Å². The van der Waals surface area contributed by atoms with E-state index in [-0.39, 0.29) is 5.91 Å². The Morgan fingerprint density at radius 3 is 2.76 bits per heavy atom. The number of anilines is 2. The van der Waals surface area contributed by atoms with Crippen LogP contribution in [0.25, 0.3) is 0 Å². The van der Waals surface area contributed by atoms with Gasteiger partial charge in [-0.2, -0.15) is 0 Å². The summed E-state index contributed by atoms with van der Waals surface area (Å²) in [6.45, 7) is 4.67. The van der Waals surface area contributed by atoms with Crippen LogP contribution in [0.2, 0.25) is 0 Å². The van der Waals surface area contributed by atoms with Crippen LogP contribution in [0.4, 0.5) is 11.4 Å². The lowest BCUT2D eigenvalue weighted by atomic mass is 10.2. The van der Waals surface area contributed by atoms with Gasteiger partial charge in [0.1, 0.15) is 0 Å². The second-order valence-corrected chi connectivity index (χ2v) is 5.85. The van der Waals surface area contributed by atoms with Crippen molar-refractivity contribution in [2.75, 3.05) is 43.4 Å². The summed E-state index contributed by atoms with van der Waals surface area (Å²) in [5.41, 5.74) is 7.76. The number of nitrogens with two attached hydrogens (primary N) is 1. The molecule has 2 fully saturated rings. The number of piperazine rings is 1. The zero-order valence-corrected chi connectivity index (χ0v) is 12.3. The highest BCUT2D eigenvalue weighted by atomic mass is 16.1. The quantitative estimate of drug-likeness (QED) is 0.823. The van der Waals surface area contributed by atoms with Gasteiger partial charge in [-0.3, -0.25) is 14.7 Å². The third-order valence-electron chi connectivity index (χ3n) is 4.14. The van der Waals surface area contributed by atoms with E-state index in [0.29, 0.717) is 12.5 Å². The Labute approximate surface area is 125 Å². The molecule has 1 aromatic heterocycles. The van der Waals surface area contributed by atoms with E-state index in [1.807, 2.05) is 6.07 Å². The molecule has 0 bridgehead atoms. The fourth-order valence-electron chi connectivity index (χ4n) is 2.69. The number of rotatable bonds is 5. The van der Waals surface area contributed by atoms with Crippen molar-refractivity contribution in [1.29, 1.82) is 0 Å². The zero-order chi connectivity index (χ0) is 14.7. The molecule has 3 rings (SSSR count). The third-order valence-corrected chi connectivity index (χ3v) is 4.14. The molecule has 21 heavy (non-hydrogen) atoms. The second-order valence-electron chi connectivity index (χ2n) is 5.85. The molecule has 3 N–H and O–H groups in total. The molecule has 1 aliphatic heterocycles. The first kappa shape index (κ1) is 14.1. The Balaban J connectivity index is 1.42. The van der Waals surface area contributed by atoms with Crippen LogP contribution >= 0.6 is 0 Å². The Morgan fingerprint density at radius 1 is 1.33 bits per heavy atom. The average molecular weight is 289 g/mol. The second kappa shape index (κ2) is 6.30. The molecule has 6 heteroatoms. The maximum Gasteiger partial charge on any atom is 0.221 e. The predicted molar refractivity (Wildman–Crippen MR) is 83.1 cm³/mol. The van der Waals surface area contributed by atoms with Crippen molar-refractivity contribution in [3.05, 3.63) is 18.5 Å². The summed E-state index contributed by atoms with van der Waals surface area (Å²) in [7, 11) is 0. The Morgan fingerprint density at radius 2 is 2.10 bits per heavy atom. The molecule has 1 aliphatic carbocycles. The molecule has 1 saturated heterocycles. The maximum absolute atomic E-state index is 11.7. The molecular formula is C15H23N5O. The van der Waals surface area contributed by atoms with Crippen LogP contribution in [0.1, 0.15) is 19.3 Å². The molecule has 0 aromatic carbocycles. The molecule has 0 spiro atoms. The summed E-state index contributed by atoms with van der Waals surface area (Å²) in [6, 6.07) is 2.43. The van der Waals surface area contributed by atoms with Gasteiger partial charge >= 0.3 is 0 Å². The van der Waals surface area contributed by atoms with Crippen LogP contribution in [-0.2, 0) is 4.79 Å². The first-order valence-electron chi connectivity index (χ1n) is 7.68.